The number of rotatable bonds is 4. The van der Waals surface area contributed by atoms with Crippen LogP contribution in [0.15, 0.2) is 11.6 Å². The number of hydrogen-bond donors (Lipinski definition) is 0. The number of hydrogen-bond acceptors (Lipinski definition) is 2. The second kappa shape index (κ2) is 7.47. The Hall–Kier alpha value is -0.790. The predicted molar refractivity (Wildman–Crippen MR) is 114 cm³/mol. The lowest BCUT2D eigenvalue weighted by atomic mass is 9.47. The second-order valence-corrected chi connectivity index (χ2v) is 11.1. The molecule has 4 aliphatic rings. The summed E-state index contributed by atoms with van der Waals surface area (Å²) in [5.74, 6) is 4.30. The molecule has 7 atom stereocenters. The van der Waals surface area contributed by atoms with Crippen molar-refractivity contribution in [1.82, 2.24) is 0 Å². The molecule has 4 aliphatic carbocycles. The number of carbonyl (C=O) groups is 1. The molecule has 0 heterocycles. The summed E-state index contributed by atoms with van der Waals surface area (Å²) in [6.45, 7) is 11.6. The summed E-state index contributed by atoms with van der Waals surface area (Å²) >= 11 is 0. The van der Waals surface area contributed by atoms with E-state index < -0.39 is 0 Å². The van der Waals surface area contributed by atoms with Crippen molar-refractivity contribution in [2.75, 3.05) is 0 Å². The zero-order valence-electron chi connectivity index (χ0n) is 18.9. The lowest BCUT2D eigenvalue weighted by molar-refractivity contribution is -0.141. The van der Waals surface area contributed by atoms with Gasteiger partial charge in [-0.25, -0.2) is 0 Å². The van der Waals surface area contributed by atoms with Crippen LogP contribution in [-0.4, -0.2) is 5.97 Å². The van der Waals surface area contributed by atoms with Crippen LogP contribution >= 0.6 is 0 Å². The van der Waals surface area contributed by atoms with Gasteiger partial charge in [-0.2, -0.15) is 0 Å². The number of fused-ring (bicyclic) bond motifs is 5. The van der Waals surface area contributed by atoms with Crippen LogP contribution in [0, 0.1) is 46.5 Å². The van der Waals surface area contributed by atoms with Crippen LogP contribution in [0.4, 0.5) is 0 Å². The molecule has 0 bridgehead atoms. The Morgan fingerprint density at radius 2 is 2.00 bits per heavy atom. The standard InChI is InChI=1S/C26H41O2/c1-6-7-17(2)22-10-11-23-21-9-8-19-16-20(28-18(3)27)12-14-25(19,4)24(21)13-15-26(22,23)5/h8,17,21-24H,6-7,9-16H2,1-5H3/t17-,21+,22-,23+,24+,25+,26-/m1/s1. The van der Waals surface area contributed by atoms with E-state index in [4.69, 9.17) is 4.74 Å². The van der Waals surface area contributed by atoms with Gasteiger partial charge in [0.2, 0.25) is 0 Å². The summed E-state index contributed by atoms with van der Waals surface area (Å²) < 4.78 is 5.51. The Balaban J connectivity index is 1.54. The third kappa shape index (κ3) is 3.18. The van der Waals surface area contributed by atoms with Crippen LogP contribution in [0.25, 0.3) is 0 Å². The zero-order chi connectivity index (χ0) is 20.1. The third-order valence-corrected chi connectivity index (χ3v) is 9.73. The van der Waals surface area contributed by atoms with Crippen molar-refractivity contribution in [3.05, 3.63) is 17.8 Å². The van der Waals surface area contributed by atoms with E-state index in [2.05, 4.69) is 33.8 Å². The monoisotopic (exact) mass is 385 g/mol. The van der Waals surface area contributed by atoms with E-state index in [1.54, 1.807) is 5.57 Å². The molecule has 0 amide bonds. The average molecular weight is 386 g/mol. The molecule has 2 nitrogen and oxygen atoms in total. The minimum atomic E-state index is -0.153. The maximum absolute atomic E-state index is 11.4. The lowest BCUT2D eigenvalue weighted by Crippen LogP contribution is -2.50. The van der Waals surface area contributed by atoms with E-state index in [1.807, 2.05) is 0 Å². The van der Waals surface area contributed by atoms with Crippen LogP contribution in [0.5, 0.6) is 0 Å². The predicted octanol–water partition coefficient (Wildman–Crippen LogP) is 7.10. The van der Waals surface area contributed by atoms with E-state index in [0.717, 1.165) is 48.5 Å². The van der Waals surface area contributed by atoms with Crippen LogP contribution in [0.2, 0.25) is 0 Å². The van der Waals surface area contributed by atoms with E-state index in [9.17, 15) is 4.79 Å². The molecule has 1 radical (unpaired) electrons. The van der Waals surface area contributed by atoms with Crippen molar-refractivity contribution in [3.8, 4) is 0 Å². The van der Waals surface area contributed by atoms with E-state index >= 15 is 0 Å². The molecule has 3 saturated carbocycles. The topological polar surface area (TPSA) is 26.3 Å². The van der Waals surface area contributed by atoms with E-state index in [0.29, 0.717) is 10.8 Å². The fourth-order valence-corrected chi connectivity index (χ4v) is 8.40. The SMILES string of the molecule is CCC[C@@H](C)[C@H]1CC[C@H]2[C@@H]3CC=C4C[C](OC(C)=O)CC[C@]4(C)[C@H]3CC[C@]12C. The summed E-state index contributed by atoms with van der Waals surface area (Å²) in [5.41, 5.74) is 2.48. The van der Waals surface area contributed by atoms with Crippen molar-refractivity contribution in [3.63, 3.8) is 0 Å². The Bertz CT molecular complexity index is 636. The molecule has 0 aliphatic heterocycles. The highest BCUT2D eigenvalue weighted by molar-refractivity contribution is 5.67. The van der Waals surface area contributed by atoms with Crippen molar-refractivity contribution in [2.24, 2.45) is 40.4 Å². The van der Waals surface area contributed by atoms with Gasteiger partial charge in [-0.3, -0.25) is 4.79 Å². The quantitative estimate of drug-likeness (QED) is 0.381. The molecule has 4 rings (SSSR count). The van der Waals surface area contributed by atoms with Gasteiger partial charge in [-0.15, -0.1) is 0 Å². The number of allylic oxidation sites excluding steroid dienone is 1. The largest absolute Gasteiger partial charge is 0.455 e. The normalized spacial score (nSPS) is 44.1. The first-order chi connectivity index (χ1) is 13.3. The van der Waals surface area contributed by atoms with Gasteiger partial charge in [0.1, 0.15) is 0 Å². The van der Waals surface area contributed by atoms with Crippen LogP contribution < -0.4 is 0 Å². The Morgan fingerprint density at radius 1 is 1.21 bits per heavy atom. The maximum Gasteiger partial charge on any atom is 0.303 e. The number of esters is 1. The molecular weight excluding hydrogens is 344 g/mol. The molecule has 0 aromatic rings. The van der Waals surface area contributed by atoms with Crippen molar-refractivity contribution < 1.29 is 9.53 Å². The first kappa shape index (κ1) is 20.5. The first-order valence-electron chi connectivity index (χ1n) is 12.0. The lowest BCUT2D eigenvalue weighted by Gasteiger charge is -2.58. The molecule has 0 N–H and O–H groups in total. The first-order valence-corrected chi connectivity index (χ1v) is 12.0. The summed E-state index contributed by atoms with van der Waals surface area (Å²) in [6, 6.07) is 0. The van der Waals surface area contributed by atoms with Crippen molar-refractivity contribution >= 4 is 5.97 Å². The zero-order valence-corrected chi connectivity index (χ0v) is 18.9. The molecule has 3 fully saturated rings. The summed E-state index contributed by atoms with van der Waals surface area (Å²) in [6.07, 6.45) is 16.4. The van der Waals surface area contributed by atoms with Crippen LogP contribution in [-0.2, 0) is 9.53 Å². The number of carbonyl (C=O) groups excluding carboxylic acids is 1. The molecular formula is C26H41O2. The molecule has 0 aromatic carbocycles. The van der Waals surface area contributed by atoms with Gasteiger partial charge in [-0.1, -0.05) is 52.2 Å². The van der Waals surface area contributed by atoms with Gasteiger partial charge in [0.05, 0.1) is 0 Å². The Labute approximate surface area is 172 Å². The van der Waals surface area contributed by atoms with Gasteiger partial charge in [0.25, 0.3) is 0 Å². The Morgan fingerprint density at radius 3 is 2.71 bits per heavy atom. The smallest absolute Gasteiger partial charge is 0.303 e. The highest BCUT2D eigenvalue weighted by atomic mass is 16.5. The van der Waals surface area contributed by atoms with Crippen molar-refractivity contribution in [2.45, 2.75) is 98.8 Å². The third-order valence-electron chi connectivity index (χ3n) is 9.73. The van der Waals surface area contributed by atoms with Gasteiger partial charge in [-0.05, 0) is 85.4 Å². The number of ether oxygens (including phenoxy) is 1. The van der Waals surface area contributed by atoms with E-state index in [-0.39, 0.29) is 5.97 Å². The summed E-state index contributed by atoms with van der Waals surface area (Å²) in [5, 5.41) is 0. The summed E-state index contributed by atoms with van der Waals surface area (Å²) in [4.78, 5) is 11.4. The molecule has 28 heavy (non-hydrogen) atoms. The molecule has 0 aromatic heterocycles. The molecule has 2 heteroatoms. The van der Waals surface area contributed by atoms with Gasteiger partial charge < -0.3 is 4.74 Å². The van der Waals surface area contributed by atoms with Crippen LogP contribution in [0.3, 0.4) is 0 Å². The highest BCUT2D eigenvalue weighted by Gasteiger charge is 2.59. The minimum absolute atomic E-state index is 0.153. The highest BCUT2D eigenvalue weighted by Crippen LogP contribution is 2.67. The van der Waals surface area contributed by atoms with E-state index in [1.165, 1.54) is 58.3 Å². The van der Waals surface area contributed by atoms with Gasteiger partial charge in [0, 0.05) is 13.3 Å². The van der Waals surface area contributed by atoms with Crippen LogP contribution in [0.1, 0.15) is 98.8 Å². The fourth-order valence-electron chi connectivity index (χ4n) is 8.40. The average Bonchev–Trinajstić information content (AvgIpc) is 2.99. The summed E-state index contributed by atoms with van der Waals surface area (Å²) in [7, 11) is 0. The Kier molecular flexibility index (Phi) is 5.47. The fraction of sp³-hybridized carbons (Fsp3) is 0.846. The minimum Gasteiger partial charge on any atom is -0.455 e. The molecule has 0 spiro atoms. The van der Waals surface area contributed by atoms with Crippen molar-refractivity contribution in [1.29, 1.82) is 0 Å². The maximum atomic E-state index is 11.4. The van der Waals surface area contributed by atoms with Gasteiger partial charge in [0.15, 0.2) is 6.10 Å². The molecule has 0 saturated heterocycles. The molecule has 0 unspecified atom stereocenters. The molecule has 157 valence electrons. The van der Waals surface area contributed by atoms with Gasteiger partial charge >= 0.3 is 5.97 Å². The second-order valence-electron chi connectivity index (χ2n) is 11.1.